The summed E-state index contributed by atoms with van der Waals surface area (Å²) in [6.45, 7) is 9.49. The topological polar surface area (TPSA) is 0 Å². The zero-order chi connectivity index (χ0) is 37.9. The smallest absolute Gasteiger partial charge is 0.104 e. The van der Waals surface area contributed by atoms with Crippen LogP contribution in [-0.4, -0.2) is 50.2 Å². The Labute approximate surface area is 327 Å². The van der Waals surface area contributed by atoms with E-state index >= 15 is 0 Å². The average Bonchev–Trinajstić information content (AvgIpc) is 3.12. The zero-order valence-corrected chi connectivity index (χ0v) is 36.3. The molecule has 2 aromatic carbocycles. The lowest BCUT2D eigenvalue weighted by Crippen LogP contribution is -2.39. The van der Waals surface area contributed by atoms with E-state index in [-0.39, 0.29) is 0 Å². The summed E-state index contributed by atoms with van der Waals surface area (Å²) in [6.07, 6.45) is 40.4. The van der Waals surface area contributed by atoms with Crippen molar-refractivity contribution in [1.82, 2.24) is 0 Å². The highest BCUT2D eigenvalue weighted by Gasteiger charge is 2.16. The first-order valence-electron chi connectivity index (χ1n) is 23.0. The fourth-order valence-electron chi connectivity index (χ4n) is 7.78. The molecule has 0 saturated carbocycles. The van der Waals surface area contributed by atoms with Gasteiger partial charge < -0.3 is 8.97 Å². The molecule has 52 heavy (non-hydrogen) atoms. The summed E-state index contributed by atoms with van der Waals surface area (Å²) < 4.78 is 2.23. The minimum Gasteiger partial charge on any atom is -0.325 e. The van der Waals surface area contributed by atoms with Gasteiger partial charge in [0.05, 0.1) is 41.3 Å². The SMILES string of the molecule is CCCCCCCCCCCCCCCC[N+](C)(C)Cc1ccccc1.CCCCCCCCCCCCCCCC[N+](C)(C)Cc1ccccc1. The molecule has 300 valence electrons. The van der Waals surface area contributed by atoms with Crippen LogP contribution in [0, 0.1) is 0 Å². The van der Waals surface area contributed by atoms with E-state index in [2.05, 4.69) is 103 Å². The van der Waals surface area contributed by atoms with Crippen molar-refractivity contribution < 1.29 is 8.97 Å². The number of benzene rings is 2. The van der Waals surface area contributed by atoms with Gasteiger partial charge in [-0.05, 0) is 25.7 Å². The van der Waals surface area contributed by atoms with Crippen molar-refractivity contribution in [3.05, 3.63) is 71.8 Å². The Bertz CT molecular complexity index is 900. The molecule has 0 aromatic heterocycles. The van der Waals surface area contributed by atoms with Gasteiger partial charge >= 0.3 is 0 Å². The van der Waals surface area contributed by atoms with Crippen LogP contribution in [0.25, 0.3) is 0 Å². The normalized spacial score (nSPS) is 11.8. The van der Waals surface area contributed by atoms with E-state index in [0.29, 0.717) is 0 Å². The summed E-state index contributed by atoms with van der Waals surface area (Å²) in [6, 6.07) is 21.9. The molecular weight excluding hydrogens is 629 g/mol. The van der Waals surface area contributed by atoms with Crippen LogP contribution in [-0.2, 0) is 13.1 Å². The lowest BCUT2D eigenvalue weighted by atomic mass is 10.0. The van der Waals surface area contributed by atoms with Crippen LogP contribution in [0.15, 0.2) is 60.7 Å². The molecule has 0 spiro atoms. The van der Waals surface area contributed by atoms with Gasteiger partial charge in [0.1, 0.15) is 13.1 Å². The molecule has 2 aromatic rings. The molecule has 0 saturated heterocycles. The maximum absolute atomic E-state index is 2.37. The van der Waals surface area contributed by atoms with E-state index < -0.39 is 0 Å². The van der Waals surface area contributed by atoms with Gasteiger partial charge in [-0.3, -0.25) is 0 Å². The fraction of sp³-hybridized carbons (Fsp3) is 0.760. The van der Waals surface area contributed by atoms with Crippen molar-refractivity contribution in [2.24, 2.45) is 0 Å². The van der Waals surface area contributed by atoms with Crippen molar-refractivity contribution in [3.63, 3.8) is 0 Å². The minimum atomic E-state index is 1.11. The Morgan fingerprint density at radius 1 is 0.288 bits per heavy atom. The van der Waals surface area contributed by atoms with Gasteiger partial charge in [-0.15, -0.1) is 0 Å². The Kier molecular flexibility index (Phi) is 31.5. The van der Waals surface area contributed by atoms with Gasteiger partial charge in [0.2, 0.25) is 0 Å². The molecule has 0 radical (unpaired) electrons. The highest BCUT2D eigenvalue weighted by atomic mass is 15.3. The van der Waals surface area contributed by atoms with Crippen molar-refractivity contribution in [2.45, 2.75) is 207 Å². The summed E-state index contributed by atoms with van der Waals surface area (Å²) in [7, 11) is 9.48. The Balaban J connectivity index is 0.000000520. The predicted molar refractivity (Wildman–Crippen MR) is 235 cm³/mol. The molecular formula is C50H92N2+2. The first-order chi connectivity index (χ1) is 25.3. The van der Waals surface area contributed by atoms with Crippen LogP contribution in [0.2, 0.25) is 0 Å². The molecule has 2 heteroatoms. The van der Waals surface area contributed by atoms with E-state index in [1.54, 1.807) is 0 Å². The summed E-state index contributed by atoms with van der Waals surface area (Å²) >= 11 is 0. The lowest BCUT2D eigenvalue weighted by Gasteiger charge is -2.30. The molecule has 2 nitrogen and oxygen atoms in total. The van der Waals surface area contributed by atoms with Crippen LogP contribution in [0.1, 0.15) is 205 Å². The van der Waals surface area contributed by atoms with Gasteiger partial charge in [-0.1, -0.05) is 229 Å². The third kappa shape index (κ3) is 31.8. The van der Waals surface area contributed by atoms with Gasteiger partial charge in [0, 0.05) is 11.1 Å². The third-order valence-corrected chi connectivity index (χ3v) is 11.1. The number of hydrogen-bond acceptors (Lipinski definition) is 0. The molecule has 2 rings (SSSR count). The first kappa shape index (κ1) is 48.4. The molecule has 0 aliphatic carbocycles. The predicted octanol–water partition coefficient (Wildman–Crippen LogP) is 15.5. The number of hydrogen-bond donors (Lipinski definition) is 0. The van der Waals surface area contributed by atoms with Crippen molar-refractivity contribution in [2.75, 3.05) is 41.3 Å². The zero-order valence-electron chi connectivity index (χ0n) is 36.3. The average molecular weight is 721 g/mol. The summed E-state index contributed by atoms with van der Waals surface area (Å²) in [5, 5.41) is 0. The van der Waals surface area contributed by atoms with Crippen molar-refractivity contribution in [1.29, 1.82) is 0 Å². The molecule has 0 unspecified atom stereocenters. The summed E-state index contributed by atoms with van der Waals surface area (Å²) in [4.78, 5) is 0. The molecule has 0 fully saturated rings. The third-order valence-electron chi connectivity index (χ3n) is 11.1. The second-order valence-corrected chi connectivity index (χ2v) is 17.8. The number of quaternary nitrogens is 2. The maximum Gasteiger partial charge on any atom is 0.104 e. The first-order valence-corrected chi connectivity index (χ1v) is 23.0. The quantitative estimate of drug-likeness (QED) is 0.0499. The van der Waals surface area contributed by atoms with Crippen LogP contribution in [0.5, 0.6) is 0 Å². The van der Waals surface area contributed by atoms with Gasteiger partial charge in [0.15, 0.2) is 0 Å². The van der Waals surface area contributed by atoms with E-state index in [4.69, 9.17) is 0 Å². The van der Waals surface area contributed by atoms with Gasteiger partial charge in [0.25, 0.3) is 0 Å². The molecule has 0 N–H and O–H groups in total. The highest BCUT2D eigenvalue weighted by molar-refractivity contribution is 5.14. The maximum atomic E-state index is 2.37. The van der Waals surface area contributed by atoms with Gasteiger partial charge in [-0.25, -0.2) is 0 Å². The Morgan fingerprint density at radius 3 is 0.731 bits per heavy atom. The van der Waals surface area contributed by atoms with Crippen LogP contribution in [0.3, 0.4) is 0 Å². The Morgan fingerprint density at radius 2 is 0.500 bits per heavy atom. The molecule has 0 atom stereocenters. The van der Waals surface area contributed by atoms with Crippen LogP contribution in [0.4, 0.5) is 0 Å². The summed E-state index contributed by atoms with van der Waals surface area (Å²) in [5.41, 5.74) is 2.92. The molecule has 0 aliphatic rings. The number of unbranched alkanes of at least 4 members (excludes halogenated alkanes) is 26. The van der Waals surface area contributed by atoms with Gasteiger partial charge in [-0.2, -0.15) is 0 Å². The summed E-state index contributed by atoms with van der Waals surface area (Å²) in [5.74, 6) is 0. The number of nitrogens with zero attached hydrogens (tertiary/aromatic N) is 2. The monoisotopic (exact) mass is 721 g/mol. The van der Waals surface area contributed by atoms with Crippen molar-refractivity contribution >= 4 is 0 Å². The molecule has 0 amide bonds. The van der Waals surface area contributed by atoms with E-state index in [1.807, 2.05) is 0 Å². The van der Waals surface area contributed by atoms with Crippen LogP contribution < -0.4 is 0 Å². The van der Waals surface area contributed by atoms with E-state index in [9.17, 15) is 0 Å². The molecule has 0 heterocycles. The number of rotatable bonds is 34. The largest absolute Gasteiger partial charge is 0.325 e. The van der Waals surface area contributed by atoms with Crippen molar-refractivity contribution in [3.8, 4) is 0 Å². The standard InChI is InChI=1S/2C25H46N/c2*1-4-5-6-7-8-9-10-11-12-13-14-15-16-20-23-26(2,3)24-25-21-18-17-19-22-25/h2*17-19,21-22H,4-16,20,23-24H2,1-3H3/q2*+1. The second-order valence-electron chi connectivity index (χ2n) is 17.8. The molecule has 0 bridgehead atoms. The second kappa shape index (κ2) is 33.9. The lowest BCUT2D eigenvalue weighted by molar-refractivity contribution is -0.903. The highest BCUT2D eigenvalue weighted by Crippen LogP contribution is 2.17. The fourth-order valence-corrected chi connectivity index (χ4v) is 7.78. The van der Waals surface area contributed by atoms with Crippen LogP contribution >= 0.6 is 0 Å². The minimum absolute atomic E-state index is 1.11. The molecule has 0 aliphatic heterocycles. The Hall–Kier alpha value is -1.64. The van der Waals surface area contributed by atoms with E-state index in [0.717, 1.165) is 22.1 Å². The van der Waals surface area contributed by atoms with E-state index in [1.165, 1.54) is 204 Å².